The Morgan fingerprint density at radius 3 is 2.61 bits per heavy atom. The maximum absolute atomic E-state index is 9.85. The number of phenolic OH excluding ortho intramolecular Hbond substituents is 2. The minimum absolute atomic E-state index is 0.000771. The molecular formula is C23H18N6O2. The lowest BCUT2D eigenvalue weighted by molar-refractivity contribution is 0.459. The van der Waals surface area contributed by atoms with Gasteiger partial charge in [0.15, 0.2) is 5.65 Å². The predicted octanol–water partition coefficient (Wildman–Crippen LogP) is 3.89. The number of anilines is 1. The molecule has 0 bridgehead atoms. The second-order valence-electron chi connectivity index (χ2n) is 7.01. The molecule has 0 spiro atoms. The number of hydrogen-bond acceptors (Lipinski definition) is 7. The molecule has 2 heterocycles. The van der Waals surface area contributed by atoms with Gasteiger partial charge in [0.05, 0.1) is 11.7 Å². The Bertz CT molecular complexity index is 1410. The SMILES string of the molecule is Oc1ccc(O)c(C=NNc2nnc3c4ccccc4n(Cc4ccccc4)c3n2)c1. The van der Waals surface area contributed by atoms with Crippen LogP contribution in [-0.2, 0) is 6.54 Å². The second-order valence-corrected chi connectivity index (χ2v) is 7.01. The fourth-order valence-corrected chi connectivity index (χ4v) is 3.48. The van der Waals surface area contributed by atoms with Crippen LogP contribution in [0.2, 0.25) is 0 Å². The third-order valence-electron chi connectivity index (χ3n) is 4.94. The van der Waals surface area contributed by atoms with Gasteiger partial charge >= 0.3 is 0 Å². The quantitative estimate of drug-likeness (QED) is 0.230. The maximum Gasteiger partial charge on any atom is 0.265 e. The Labute approximate surface area is 177 Å². The fraction of sp³-hybridized carbons (Fsp3) is 0.0435. The number of benzene rings is 3. The zero-order valence-corrected chi connectivity index (χ0v) is 16.3. The number of hydrogen-bond donors (Lipinski definition) is 3. The zero-order chi connectivity index (χ0) is 21.2. The van der Waals surface area contributed by atoms with Crippen molar-refractivity contribution in [1.82, 2.24) is 19.7 Å². The highest BCUT2D eigenvalue weighted by Gasteiger charge is 2.14. The van der Waals surface area contributed by atoms with Crippen LogP contribution in [0.1, 0.15) is 11.1 Å². The van der Waals surface area contributed by atoms with Crippen LogP contribution in [0, 0.1) is 0 Å². The van der Waals surface area contributed by atoms with Crippen LogP contribution in [0.4, 0.5) is 5.95 Å². The molecule has 5 rings (SSSR count). The van der Waals surface area contributed by atoms with Gasteiger partial charge in [0, 0.05) is 17.5 Å². The van der Waals surface area contributed by atoms with E-state index in [9.17, 15) is 10.2 Å². The summed E-state index contributed by atoms with van der Waals surface area (Å²) in [7, 11) is 0. The smallest absolute Gasteiger partial charge is 0.265 e. The molecule has 0 amide bonds. The lowest BCUT2D eigenvalue weighted by Gasteiger charge is -2.07. The summed E-state index contributed by atoms with van der Waals surface area (Å²) in [6.45, 7) is 0.642. The Hall–Kier alpha value is -4.46. The van der Waals surface area contributed by atoms with Crippen molar-refractivity contribution in [2.45, 2.75) is 6.54 Å². The van der Waals surface area contributed by atoms with Gasteiger partial charge in [-0.1, -0.05) is 48.5 Å². The lowest BCUT2D eigenvalue weighted by atomic mass is 10.2. The largest absolute Gasteiger partial charge is 0.508 e. The molecule has 0 aliphatic heterocycles. The first-order valence-electron chi connectivity index (χ1n) is 9.66. The van der Waals surface area contributed by atoms with Crippen molar-refractivity contribution in [1.29, 1.82) is 0 Å². The predicted molar refractivity (Wildman–Crippen MR) is 119 cm³/mol. The van der Waals surface area contributed by atoms with E-state index >= 15 is 0 Å². The highest BCUT2D eigenvalue weighted by molar-refractivity contribution is 6.04. The van der Waals surface area contributed by atoms with Crippen LogP contribution in [0.25, 0.3) is 22.1 Å². The Morgan fingerprint density at radius 1 is 0.935 bits per heavy atom. The van der Waals surface area contributed by atoms with Crippen molar-refractivity contribution in [3.8, 4) is 11.5 Å². The van der Waals surface area contributed by atoms with E-state index in [1.165, 1.54) is 24.4 Å². The van der Waals surface area contributed by atoms with E-state index in [0.717, 1.165) is 16.5 Å². The number of hydrazone groups is 1. The minimum Gasteiger partial charge on any atom is -0.508 e. The zero-order valence-electron chi connectivity index (χ0n) is 16.3. The molecule has 0 fully saturated rings. The number of nitrogens with zero attached hydrogens (tertiary/aromatic N) is 5. The second kappa shape index (κ2) is 7.75. The van der Waals surface area contributed by atoms with Crippen molar-refractivity contribution in [2.75, 3.05) is 5.43 Å². The molecule has 8 nitrogen and oxygen atoms in total. The van der Waals surface area contributed by atoms with Crippen LogP contribution >= 0.6 is 0 Å². The van der Waals surface area contributed by atoms with Crippen LogP contribution in [-0.4, -0.2) is 36.2 Å². The summed E-state index contributed by atoms with van der Waals surface area (Å²) in [5.74, 6) is 0.255. The fourth-order valence-electron chi connectivity index (χ4n) is 3.48. The molecule has 0 unspecified atom stereocenters. The number of fused-ring (bicyclic) bond motifs is 3. The summed E-state index contributed by atoms with van der Waals surface area (Å²) in [6, 6.07) is 22.3. The summed E-state index contributed by atoms with van der Waals surface area (Å²) < 4.78 is 2.10. The van der Waals surface area contributed by atoms with E-state index in [1.807, 2.05) is 42.5 Å². The Kier molecular flexibility index (Phi) is 4.64. The third kappa shape index (κ3) is 3.62. The van der Waals surface area contributed by atoms with Crippen molar-refractivity contribution >= 4 is 34.2 Å². The van der Waals surface area contributed by atoms with Gasteiger partial charge in [-0.25, -0.2) is 5.43 Å². The summed E-state index contributed by atoms with van der Waals surface area (Å²) in [5, 5.41) is 33.0. The Morgan fingerprint density at radius 2 is 1.74 bits per heavy atom. The average molecular weight is 410 g/mol. The van der Waals surface area contributed by atoms with Gasteiger partial charge in [0.2, 0.25) is 0 Å². The van der Waals surface area contributed by atoms with E-state index in [-0.39, 0.29) is 17.4 Å². The first-order chi connectivity index (χ1) is 15.2. The van der Waals surface area contributed by atoms with Crippen molar-refractivity contribution < 1.29 is 10.2 Å². The highest BCUT2D eigenvalue weighted by atomic mass is 16.3. The van der Waals surface area contributed by atoms with E-state index in [0.29, 0.717) is 23.3 Å². The van der Waals surface area contributed by atoms with Crippen molar-refractivity contribution in [3.05, 3.63) is 83.9 Å². The normalized spacial score (nSPS) is 11.5. The van der Waals surface area contributed by atoms with Gasteiger partial charge in [-0.15, -0.1) is 10.2 Å². The molecule has 152 valence electrons. The highest BCUT2D eigenvalue weighted by Crippen LogP contribution is 2.27. The lowest BCUT2D eigenvalue weighted by Crippen LogP contribution is -2.04. The molecule has 0 atom stereocenters. The van der Waals surface area contributed by atoms with Gasteiger partial charge in [0.25, 0.3) is 5.95 Å². The van der Waals surface area contributed by atoms with Gasteiger partial charge in [0.1, 0.15) is 17.0 Å². The molecule has 3 aromatic carbocycles. The van der Waals surface area contributed by atoms with Crippen LogP contribution in [0.15, 0.2) is 77.9 Å². The van der Waals surface area contributed by atoms with Gasteiger partial charge in [-0.2, -0.15) is 10.1 Å². The van der Waals surface area contributed by atoms with Gasteiger partial charge in [-0.05, 0) is 29.8 Å². The van der Waals surface area contributed by atoms with Crippen molar-refractivity contribution in [2.24, 2.45) is 5.10 Å². The molecule has 0 saturated carbocycles. The molecule has 5 aromatic rings. The van der Waals surface area contributed by atoms with Crippen LogP contribution < -0.4 is 5.43 Å². The van der Waals surface area contributed by atoms with E-state index in [2.05, 4.69) is 42.4 Å². The molecule has 8 heteroatoms. The number of nitrogens with one attached hydrogen (secondary N) is 1. The standard InChI is InChI=1S/C23H18N6O2/c30-17-10-11-20(31)16(12-17)13-24-27-23-25-22-21(26-28-23)18-8-4-5-9-19(18)29(22)14-15-6-2-1-3-7-15/h1-13,30-31H,14H2,(H,25,27,28). The van der Waals surface area contributed by atoms with Crippen molar-refractivity contribution in [3.63, 3.8) is 0 Å². The molecule has 31 heavy (non-hydrogen) atoms. The number of rotatable bonds is 5. The number of aromatic nitrogens is 4. The van der Waals surface area contributed by atoms with Crippen LogP contribution in [0.5, 0.6) is 11.5 Å². The summed E-state index contributed by atoms with van der Waals surface area (Å²) >= 11 is 0. The summed E-state index contributed by atoms with van der Waals surface area (Å²) in [6.07, 6.45) is 1.38. The monoisotopic (exact) mass is 410 g/mol. The molecule has 3 N–H and O–H groups in total. The molecule has 2 aromatic heterocycles. The topological polar surface area (TPSA) is 108 Å². The summed E-state index contributed by atoms with van der Waals surface area (Å²) in [4.78, 5) is 4.63. The first-order valence-corrected chi connectivity index (χ1v) is 9.66. The van der Waals surface area contributed by atoms with Crippen LogP contribution in [0.3, 0.4) is 0 Å². The molecular weight excluding hydrogens is 392 g/mol. The van der Waals surface area contributed by atoms with E-state index < -0.39 is 0 Å². The number of phenols is 2. The molecule has 0 aliphatic carbocycles. The average Bonchev–Trinajstić information content (AvgIpc) is 3.10. The molecule has 0 aliphatic rings. The summed E-state index contributed by atoms with van der Waals surface area (Å²) in [5.41, 5.74) is 6.68. The third-order valence-corrected chi connectivity index (χ3v) is 4.94. The maximum atomic E-state index is 9.85. The Balaban J connectivity index is 1.52. The molecule has 0 radical (unpaired) electrons. The van der Waals surface area contributed by atoms with E-state index in [4.69, 9.17) is 0 Å². The van der Waals surface area contributed by atoms with Gasteiger partial charge in [-0.3, -0.25) is 0 Å². The van der Waals surface area contributed by atoms with E-state index in [1.54, 1.807) is 0 Å². The van der Waals surface area contributed by atoms with Gasteiger partial charge < -0.3 is 14.8 Å². The number of aromatic hydroxyl groups is 2. The number of para-hydroxylation sites is 1. The first kappa shape index (κ1) is 18.6. The molecule has 0 saturated heterocycles. The minimum atomic E-state index is 0.000771.